The summed E-state index contributed by atoms with van der Waals surface area (Å²) in [5, 5.41) is 3.83. The van der Waals surface area contributed by atoms with Crippen LogP contribution in [0.5, 0.6) is 0 Å². The zero-order chi connectivity index (χ0) is 14.5. The van der Waals surface area contributed by atoms with Gasteiger partial charge in [-0.3, -0.25) is 0 Å². The molecule has 0 amide bonds. The van der Waals surface area contributed by atoms with E-state index in [1.54, 1.807) is 12.1 Å². The first-order valence-electron chi connectivity index (χ1n) is 6.86. The first-order valence-corrected chi connectivity index (χ1v) is 7.24. The minimum absolute atomic E-state index is 0.146. The lowest BCUT2D eigenvalue weighted by Gasteiger charge is -2.20. The van der Waals surface area contributed by atoms with Gasteiger partial charge in [-0.1, -0.05) is 54.4 Å². The fraction of sp³-hybridized carbons (Fsp3) is 0.294. The molecule has 2 aromatic rings. The zero-order valence-corrected chi connectivity index (χ0v) is 12.5. The van der Waals surface area contributed by atoms with Gasteiger partial charge in [0, 0.05) is 10.6 Å². The second-order valence-corrected chi connectivity index (χ2v) is 5.40. The predicted molar refractivity (Wildman–Crippen MR) is 82.7 cm³/mol. The van der Waals surface area contributed by atoms with Gasteiger partial charge in [-0.25, -0.2) is 4.39 Å². The van der Waals surface area contributed by atoms with Crippen LogP contribution in [0.15, 0.2) is 42.5 Å². The summed E-state index contributed by atoms with van der Waals surface area (Å²) in [6.07, 6.45) is 0.998. The second-order valence-electron chi connectivity index (χ2n) is 4.97. The van der Waals surface area contributed by atoms with E-state index in [9.17, 15) is 4.39 Å². The van der Waals surface area contributed by atoms with Crippen molar-refractivity contribution in [2.75, 3.05) is 6.54 Å². The summed E-state index contributed by atoms with van der Waals surface area (Å²) in [5.74, 6) is -0.271. The molecule has 0 radical (unpaired) electrons. The van der Waals surface area contributed by atoms with Gasteiger partial charge in [0.15, 0.2) is 0 Å². The van der Waals surface area contributed by atoms with Crippen LogP contribution in [0, 0.1) is 12.7 Å². The molecule has 0 saturated carbocycles. The van der Waals surface area contributed by atoms with Crippen molar-refractivity contribution in [3.8, 4) is 0 Å². The summed E-state index contributed by atoms with van der Waals surface area (Å²) in [5.41, 5.74) is 2.87. The Bertz CT molecular complexity index is 583. The normalized spacial score (nSPS) is 12.4. The lowest BCUT2D eigenvalue weighted by Crippen LogP contribution is -2.24. The van der Waals surface area contributed by atoms with E-state index in [2.05, 4.69) is 18.3 Å². The molecule has 106 valence electrons. The predicted octanol–water partition coefficient (Wildman–Crippen LogP) is 4.88. The Hall–Kier alpha value is -1.38. The lowest BCUT2D eigenvalue weighted by atomic mass is 9.96. The fourth-order valence-electron chi connectivity index (χ4n) is 2.28. The maximum absolute atomic E-state index is 14.2. The molecular formula is C17H19ClFN. The number of halogens is 2. The van der Waals surface area contributed by atoms with E-state index in [0.717, 1.165) is 18.5 Å². The van der Waals surface area contributed by atoms with Crippen molar-refractivity contribution in [3.05, 3.63) is 70.0 Å². The van der Waals surface area contributed by atoms with Gasteiger partial charge < -0.3 is 5.32 Å². The van der Waals surface area contributed by atoms with Crippen molar-refractivity contribution in [1.82, 2.24) is 5.32 Å². The van der Waals surface area contributed by atoms with Gasteiger partial charge in [0.2, 0.25) is 0 Å². The van der Waals surface area contributed by atoms with Crippen molar-refractivity contribution in [3.63, 3.8) is 0 Å². The van der Waals surface area contributed by atoms with Gasteiger partial charge in [0.25, 0.3) is 0 Å². The third-order valence-electron chi connectivity index (χ3n) is 3.25. The lowest BCUT2D eigenvalue weighted by molar-refractivity contribution is 0.546. The van der Waals surface area contributed by atoms with Gasteiger partial charge in [0.05, 0.1) is 6.04 Å². The van der Waals surface area contributed by atoms with E-state index in [1.807, 2.05) is 25.1 Å². The first kappa shape index (κ1) is 15.0. The highest BCUT2D eigenvalue weighted by atomic mass is 35.5. The van der Waals surface area contributed by atoms with Gasteiger partial charge in [-0.2, -0.15) is 0 Å². The number of rotatable bonds is 5. The Labute approximate surface area is 124 Å². The molecule has 3 heteroatoms. The summed E-state index contributed by atoms with van der Waals surface area (Å²) in [6.45, 7) is 4.97. The molecule has 0 spiro atoms. The summed E-state index contributed by atoms with van der Waals surface area (Å²) in [7, 11) is 0. The van der Waals surface area contributed by atoms with Crippen LogP contribution < -0.4 is 5.32 Å². The average molecular weight is 292 g/mol. The highest BCUT2D eigenvalue weighted by Gasteiger charge is 2.17. The van der Waals surface area contributed by atoms with Crippen molar-refractivity contribution in [2.45, 2.75) is 26.3 Å². The Kier molecular flexibility index (Phi) is 5.16. The SMILES string of the molecule is CCCNC(c1cccc(C)c1)c1ccc(Cl)cc1F. The summed E-state index contributed by atoms with van der Waals surface area (Å²) in [4.78, 5) is 0. The monoisotopic (exact) mass is 291 g/mol. The van der Waals surface area contributed by atoms with E-state index in [0.29, 0.717) is 10.6 Å². The van der Waals surface area contributed by atoms with Crippen molar-refractivity contribution in [2.24, 2.45) is 0 Å². The molecule has 0 heterocycles. The maximum Gasteiger partial charge on any atom is 0.129 e. The Morgan fingerprint density at radius 2 is 2.00 bits per heavy atom. The highest BCUT2D eigenvalue weighted by Crippen LogP contribution is 2.27. The van der Waals surface area contributed by atoms with Gasteiger partial charge in [-0.15, -0.1) is 0 Å². The van der Waals surface area contributed by atoms with E-state index in [1.165, 1.54) is 11.6 Å². The van der Waals surface area contributed by atoms with Crippen LogP contribution in [0.2, 0.25) is 5.02 Å². The Morgan fingerprint density at radius 1 is 1.20 bits per heavy atom. The standard InChI is InChI=1S/C17H19ClFN/c1-3-9-20-17(13-6-4-5-12(2)10-13)15-8-7-14(18)11-16(15)19/h4-8,10-11,17,20H,3,9H2,1-2H3. The first-order chi connectivity index (χ1) is 9.61. The molecule has 0 bridgehead atoms. The third kappa shape index (κ3) is 3.59. The van der Waals surface area contributed by atoms with Crippen LogP contribution in [0.4, 0.5) is 4.39 Å². The van der Waals surface area contributed by atoms with Crippen LogP contribution in [0.3, 0.4) is 0 Å². The topological polar surface area (TPSA) is 12.0 Å². The van der Waals surface area contributed by atoms with Crippen LogP contribution in [0.1, 0.15) is 36.1 Å². The van der Waals surface area contributed by atoms with Crippen molar-refractivity contribution in [1.29, 1.82) is 0 Å². The van der Waals surface area contributed by atoms with Gasteiger partial charge in [-0.05, 0) is 37.6 Å². The van der Waals surface area contributed by atoms with E-state index < -0.39 is 0 Å². The largest absolute Gasteiger partial charge is 0.306 e. The fourth-order valence-corrected chi connectivity index (χ4v) is 2.44. The molecule has 0 aliphatic heterocycles. The molecule has 0 aromatic heterocycles. The molecule has 2 rings (SSSR count). The average Bonchev–Trinajstić information content (AvgIpc) is 2.41. The molecule has 1 nitrogen and oxygen atoms in total. The minimum atomic E-state index is -0.271. The molecule has 20 heavy (non-hydrogen) atoms. The van der Waals surface area contributed by atoms with Crippen LogP contribution >= 0.6 is 11.6 Å². The highest BCUT2D eigenvalue weighted by molar-refractivity contribution is 6.30. The Balaban J connectivity index is 2.41. The molecule has 1 N–H and O–H groups in total. The summed E-state index contributed by atoms with van der Waals surface area (Å²) >= 11 is 5.84. The molecule has 1 unspecified atom stereocenters. The van der Waals surface area contributed by atoms with E-state index in [-0.39, 0.29) is 11.9 Å². The second kappa shape index (κ2) is 6.87. The van der Waals surface area contributed by atoms with Gasteiger partial charge >= 0.3 is 0 Å². The molecule has 2 aromatic carbocycles. The van der Waals surface area contributed by atoms with Crippen LogP contribution in [-0.2, 0) is 0 Å². The summed E-state index contributed by atoms with van der Waals surface area (Å²) in [6, 6.07) is 12.9. The van der Waals surface area contributed by atoms with Crippen molar-refractivity contribution < 1.29 is 4.39 Å². The number of aryl methyl sites for hydroxylation is 1. The summed E-state index contributed by atoms with van der Waals surface area (Å²) < 4.78 is 14.2. The molecule has 0 aliphatic rings. The number of benzene rings is 2. The molecular weight excluding hydrogens is 273 g/mol. The zero-order valence-electron chi connectivity index (χ0n) is 11.8. The number of hydrogen-bond acceptors (Lipinski definition) is 1. The molecule has 0 saturated heterocycles. The van der Waals surface area contributed by atoms with E-state index in [4.69, 9.17) is 11.6 Å². The van der Waals surface area contributed by atoms with E-state index >= 15 is 0 Å². The maximum atomic E-state index is 14.2. The Morgan fingerprint density at radius 3 is 2.65 bits per heavy atom. The quantitative estimate of drug-likeness (QED) is 0.828. The number of hydrogen-bond donors (Lipinski definition) is 1. The number of nitrogens with one attached hydrogen (secondary N) is 1. The molecule has 0 fully saturated rings. The third-order valence-corrected chi connectivity index (χ3v) is 3.48. The molecule has 0 aliphatic carbocycles. The minimum Gasteiger partial charge on any atom is -0.306 e. The van der Waals surface area contributed by atoms with Crippen LogP contribution in [-0.4, -0.2) is 6.54 Å². The van der Waals surface area contributed by atoms with Crippen molar-refractivity contribution >= 4 is 11.6 Å². The smallest absolute Gasteiger partial charge is 0.129 e. The van der Waals surface area contributed by atoms with Crippen LogP contribution in [0.25, 0.3) is 0 Å². The van der Waals surface area contributed by atoms with Gasteiger partial charge in [0.1, 0.15) is 5.82 Å². The molecule has 1 atom stereocenters.